The fourth-order valence-electron chi connectivity index (χ4n) is 2.16. The van der Waals surface area contributed by atoms with Crippen molar-refractivity contribution in [2.75, 3.05) is 11.8 Å². The molecule has 0 atom stereocenters. The van der Waals surface area contributed by atoms with Crippen LogP contribution in [0, 0.1) is 0 Å². The van der Waals surface area contributed by atoms with Crippen LogP contribution in [-0.4, -0.2) is 42.8 Å². The van der Waals surface area contributed by atoms with Crippen LogP contribution in [0.4, 0.5) is 5.69 Å². The lowest BCUT2D eigenvalue weighted by Crippen LogP contribution is -2.14. The van der Waals surface area contributed by atoms with Crippen molar-refractivity contribution >= 4 is 33.7 Å². The lowest BCUT2D eigenvalue weighted by atomic mass is 10.2. The molecule has 0 spiro atoms. The second kappa shape index (κ2) is 7.79. The van der Waals surface area contributed by atoms with E-state index in [9.17, 15) is 23.1 Å². The maximum absolute atomic E-state index is 12.7. The van der Waals surface area contributed by atoms with Gasteiger partial charge in [0.2, 0.25) is 0 Å². The van der Waals surface area contributed by atoms with Gasteiger partial charge >= 0.3 is 11.9 Å². The Bertz CT molecular complexity index is 1030. The molecule has 27 heavy (non-hydrogen) atoms. The number of rotatable bonds is 7. The monoisotopic (exact) mass is 393 g/mol. The number of aromatic hydroxyl groups is 1. The number of sulfonamides is 1. The van der Waals surface area contributed by atoms with E-state index in [1.165, 1.54) is 37.5 Å². The molecule has 0 bridgehead atoms. The molecule has 142 valence electrons. The molecule has 0 saturated heterocycles. The molecule has 0 aliphatic heterocycles. The largest absolute Gasteiger partial charge is 0.507 e. The van der Waals surface area contributed by atoms with Gasteiger partial charge < -0.3 is 20.1 Å². The third-order valence-electron chi connectivity index (χ3n) is 3.38. The number of methoxy groups -OCH3 is 1. The molecule has 0 fully saturated rings. The van der Waals surface area contributed by atoms with Crippen LogP contribution in [0.5, 0.6) is 11.5 Å². The number of hydrogen-bond donors (Lipinski definition) is 4. The minimum atomic E-state index is -4.18. The summed E-state index contributed by atoms with van der Waals surface area (Å²) in [6.45, 7) is 0. The van der Waals surface area contributed by atoms with E-state index in [0.717, 1.165) is 18.2 Å². The third kappa shape index (κ3) is 4.76. The minimum Gasteiger partial charge on any atom is -0.507 e. The van der Waals surface area contributed by atoms with E-state index in [0.29, 0.717) is 5.56 Å². The SMILES string of the molecule is COc1ccc(C=CC(=O)O)cc1S(=O)(=O)Nc1ccc(C(=O)O)c(O)c1. The number of nitrogens with one attached hydrogen (secondary N) is 1. The van der Waals surface area contributed by atoms with Gasteiger partial charge in [0.05, 0.1) is 12.8 Å². The van der Waals surface area contributed by atoms with Gasteiger partial charge in [0.25, 0.3) is 10.0 Å². The Kier molecular flexibility index (Phi) is 5.71. The highest BCUT2D eigenvalue weighted by atomic mass is 32.2. The van der Waals surface area contributed by atoms with Gasteiger partial charge in [0.15, 0.2) is 0 Å². The second-order valence-electron chi connectivity index (χ2n) is 5.22. The Labute approximate surface area is 154 Å². The molecular formula is C17H15NO8S. The quantitative estimate of drug-likeness (QED) is 0.522. The van der Waals surface area contributed by atoms with E-state index >= 15 is 0 Å². The highest BCUT2D eigenvalue weighted by molar-refractivity contribution is 7.92. The summed E-state index contributed by atoms with van der Waals surface area (Å²) >= 11 is 0. The lowest BCUT2D eigenvalue weighted by Gasteiger charge is -2.13. The zero-order chi connectivity index (χ0) is 20.2. The van der Waals surface area contributed by atoms with Gasteiger partial charge in [-0.3, -0.25) is 4.72 Å². The number of carboxylic acids is 2. The molecule has 9 nitrogen and oxygen atoms in total. The molecule has 0 amide bonds. The van der Waals surface area contributed by atoms with Gasteiger partial charge in [-0.1, -0.05) is 6.07 Å². The Morgan fingerprint density at radius 3 is 2.37 bits per heavy atom. The molecular weight excluding hydrogens is 378 g/mol. The Morgan fingerprint density at radius 2 is 1.81 bits per heavy atom. The van der Waals surface area contributed by atoms with Gasteiger partial charge in [-0.25, -0.2) is 18.0 Å². The van der Waals surface area contributed by atoms with Crippen molar-refractivity contribution in [3.8, 4) is 11.5 Å². The Hall–Kier alpha value is -3.53. The van der Waals surface area contributed by atoms with Gasteiger partial charge in [0.1, 0.15) is 22.0 Å². The first-order valence-electron chi connectivity index (χ1n) is 7.32. The Balaban J connectivity index is 2.43. The Morgan fingerprint density at radius 1 is 1.11 bits per heavy atom. The minimum absolute atomic E-state index is 0.0151. The molecule has 0 heterocycles. The highest BCUT2D eigenvalue weighted by Gasteiger charge is 2.21. The topological polar surface area (TPSA) is 150 Å². The lowest BCUT2D eigenvalue weighted by molar-refractivity contribution is -0.131. The van der Waals surface area contributed by atoms with Crippen molar-refractivity contribution in [2.24, 2.45) is 0 Å². The van der Waals surface area contributed by atoms with Gasteiger partial charge in [-0.15, -0.1) is 0 Å². The van der Waals surface area contributed by atoms with E-state index in [4.69, 9.17) is 14.9 Å². The molecule has 0 unspecified atom stereocenters. The molecule has 2 rings (SSSR count). The van der Waals surface area contributed by atoms with E-state index in [1.807, 2.05) is 0 Å². The summed E-state index contributed by atoms with van der Waals surface area (Å²) < 4.78 is 32.6. The summed E-state index contributed by atoms with van der Waals surface area (Å²) in [5.41, 5.74) is -0.134. The van der Waals surface area contributed by atoms with Crippen LogP contribution in [0.2, 0.25) is 0 Å². The average Bonchev–Trinajstić information content (AvgIpc) is 2.59. The molecule has 2 aromatic rings. The third-order valence-corrected chi connectivity index (χ3v) is 4.78. The molecule has 2 aromatic carbocycles. The number of carbonyl (C=O) groups is 2. The fraction of sp³-hybridized carbons (Fsp3) is 0.0588. The van der Waals surface area contributed by atoms with Crippen LogP contribution >= 0.6 is 0 Å². The number of anilines is 1. The summed E-state index contributed by atoms with van der Waals surface area (Å²) in [6, 6.07) is 7.25. The first-order valence-corrected chi connectivity index (χ1v) is 8.80. The number of aliphatic carboxylic acids is 1. The smallest absolute Gasteiger partial charge is 0.339 e. The van der Waals surface area contributed by atoms with Gasteiger partial charge in [0, 0.05) is 12.1 Å². The van der Waals surface area contributed by atoms with E-state index in [1.54, 1.807) is 0 Å². The molecule has 0 aromatic heterocycles. The van der Waals surface area contributed by atoms with Crippen LogP contribution in [0.3, 0.4) is 0 Å². The van der Waals surface area contributed by atoms with Crippen molar-refractivity contribution in [1.29, 1.82) is 0 Å². The first-order chi connectivity index (χ1) is 12.6. The van der Waals surface area contributed by atoms with E-state index in [2.05, 4.69) is 4.72 Å². The van der Waals surface area contributed by atoms with Crippen LogP contribution in [-0.2, 0) is 14.8 Å². The van der Waals surface area contributed by atoms with Crippen LogP contribution < -0.4 is 9.46 Å². The molecule has 0 radical (unpaired) electrons. The standard InChI is InChI=1S/C17H15NO8S/c1-26-14-6-2-10(3-7-16(20)21)8-15(14)27(24,25)18-11-4-5-12(17(22)23)13(19)9-11/h2-9,18-19H,1H3,(H,20,21)(H,22,23). The summed E-state index contributed by atoms with van der Waals surface area (Å²) in [4.78, 5) is 21.3. The normalized spacial score (nSPS) is 11.3. The highest BCUT2D eigenvalue weighted by Crippen LogP contribution is 2.29. The number of ether oxygens (including phenoxy) is 1. The van der Waals surface area contributed by atoms with Crippen LogP contribution in [0.1, 0.15) is 15.9 Å². The average molecular weight is 393 g/mol. The number of phenols is 1. The first kappa shape index (κ1) is 19.8. The van der Waals surface area contributed by atoms with Crippen molar-refractivity contribution in [1.82, 2.24) is 0 Å². The van der Waals surface area contributed by atoms with Crippen LogP contribution in [0.25, 0.3) is 6.08 Å². The predicted molar refractivity (Wildman–Crippen MR) is 95.5 cm³/mol. The molecule has 0 aliphatic rings. The number of carboxylic acid groups (broad SMARTS) is 2. The fourth-order valence-corrected chi connectivity index (χ4v) is 3.42. The zero-order valence-corrected chi connectivity index (χ0v) is 14.7. The van der Waals surface area contributed by atoms with E-state index in [-0.39, 0.29) is 21.9 Å². The molecule has 0 saturated carbocycles. The van der Waals surface area contributed by atoms with Gasteiger partial charge in [-0.05, 0) is 35.9 Å². The predicted octanol–water partition coefficient (Wildman–Crippen LogP) is 2.00. The van der Waals surface area contributed by atoms with Crippen LogP contribution in [0.15, 0.2) is 47.4 Å². The molecule has 10 heteroatoms. The summed E-state index contributed by atoms with van der Waals surface area (Å²) in [7, 11) is -2.91. The maximum atomic E-state index is 12.7. The summed E-state index contributed by atoms with van der Waals surface area (Å²) in [5, 5.41) is 27.3. The summed E-state index contributed by atoms with van der Waals surface area (Å²) in [5.74, 6) is -3.14. The van der Waals surface area contributed by atoms with Crippen molar-refractivity contribution in [3.63, 3.8) is 0 Å². The van der Waals surface area contributed by atoms with Crippen molar-refractivity contribution in [3.05, 3.63) is 53.6 Å². The van der Waals surface area contributed by atoms with Crippen molar-refractivity contribution < 1.29 is 38.1 Å². The number of aromatic carboxylic acids is 1. The number of hydrogen-bond acceptors (Lipinski definition) is 6. The second-order valence-corrected chi connectivity index (χ2v) is 6.88. The van der Waals surface area contributed by atoms with Crippen molar-refractivity contribution in [2.45, 2.75) is 4.90 Å². The number of benzene rings is 2. The molecule has 4 N–H and O–H groups in total. The van der Waals surface area contributed by atoms with Gasteiger partial charge in [-0.2, -0.15) is 0 Å². The summed E-state index contributed by atoms with van der Waals surface area (Å²) in [6.07, 6.45) is 2.07. The maximum Gasteiger partial charge on any atom is 0.339 e. The van der Waals surface area contributed by atoms with E-state index < -0.39 is 27.7 Å². The molecule has 0 aliphatic carbocycles. The zero-order valence-electron chi connectivity index (χ0n) is 13.9.